The van der Waals surface area contributed by atoms with Crippen molar-refractivity contribution in [1.82, 2.24) is 19.5 Å². The molecule has 0 unspecified atom stereocenters. The second-order valence-electron chi connectivity index (χ2n) is 6.79. The number of anilines is 1. The van der Waals surface area contributed by atoms with Gasteiger partial charge in [0.2, 0.25) is 17.8 Å². The number of nitrogens with one attached hydrogen (secondary N) is 1. The molecule has 0 saturated carbocycles. The van der Waals surface area contributed by atoms with Crippen molar-refractivity contribution in [2.45, 2.75) is 12.8 Å². The van der Waals surface area contributed by atoms with Crippen molar-refractivity contribution in [2.24, 2.45) is 5.92 Å². The van der Waals surface area contributed by atoms with Gasteiger partial charge in [0.25, 0.3) is 0 Å². The molecule has 1 aliphatic heterocycles. The van der Waals surface area contributed by atoms with Crippen LogP contribution in [0, 0.1) is 5.92 Å². The molecule has 1 aliphatic rings. The lowest BCUT2D eigenvalue weighted by molar-refractivity contribution is -0.130. The molecule has 2 aromatic heterocycles. The molecule has 1 fully saturated rings. The topological polar surface area (TPSA) is 79.6 Å². The molecule has 3 aromatic rings. The molecule has 4 rings (SSSR count). The van der Waals surface area contributed by atoms with Crippen LogP contribution in [0.1, 0.15) is 18.4 Å². The minimum absolute atomic E-state index is 0.0221. The average Bonchev–Trinajstić information content (AvgIpc) is 3.16. The van der Waals surface area contributed by atoms with Crippen LogP contribution in [0.5, 0.6) is 0 Å². The molecule has 0 spiro atoms. The van der Waals surface area contributed by atoms with E-state index in [1.165, 1.54) is 0 Å². The molecule has 3 heterocycles. The van der Waals surface area contributed by atoms with E-state index in [1.807, 2.05) is 60.8 Å². The first-order valence-corrected chi connectivity index (χ1v) is 9.33. The van der Waals surface area contributed by atoms with E-state index in [0.717, 1.165) is 5.56 Å². The molecule has 7 heteroatoms. The van der Waals surface area contributed by atoms with Crippen LogP contribution in [-0.4, -0.2) is 44.4 Å². The van der Waals surface area contributed by atoms with Gasteiger partial charge in [-0.15, -0.1) is 10.2 Å². The fourth-order valence-corrected chi connectivity index (χ4v) is 3.34. The van der Waals surface area contributed by atoms with Crippen LogP contribution in [0.15, 0.2) is 60.8 Å². The van der Waals surface area contributed by atoms with Crippen molar-refractivity contribution in [1.29, 1.82) is 0 Å². The van der Waals surface area contributed by atoms with Crippen molar-refractivity contribution < 1.29 is 9.59 Å². The highest BCUT2D eigenvalue weighted by atomic mass is 16.2. The van der Waals surface area contributed by atoms with E-state index in [0.29, 0.717) is 37.5 Å². The molecule has 142 valence electrons. The number of likely N-dealkylation sites (tertiary alicyclic amines) is 1. The van der Waals surface area contributed by atoms with E-state index in [-0.39, 0.29) is 17.7 Å². The zero-order chi connectivity index (χ0) is 19.3. The number of hydrogen-bond donors (Lipinski definition) is 1. The zero-order valence-electron chi connectivity index (χ0n) is 15.4. The van der Waals surface area contributed by atoms with Crippen LogP contribution in [0.4, 0.5) is 5.95 Å². The van der Waals surface area contributed by atoms with Crippen molar-refractivity contribution in [3.8, 4) is 0 Å². The monoisotopic (exact) mass is 375 g/mol. The van der Waals surface area contributed by atoms with Crippen molar-refractivity contribution >= 4 is 29.5 Å². The third-order valence-electron chi connectivity index (χ3n) is 4.94. The minimum atomic E-state index is -0.141. The number of rotatable bonds is 4. The number of pyridine rings is 1. The Morgan fingerprint density at radius 1 is 1.00 bits per heavy atom. The van der Waals surface area contributed by atoms with Gasteiger partial charge in [0, 0.05) is 31.3 Å². The second kappa shape index (κ2) is 8.04. The molecule has 0 radical (unpaired) electrons. The summed E-state index contributed by atoms with van der Waals surface area (Å²) in [5.74, 6) is 0.180. The Morgan fingerprint density at radius 3 is 2.54 bits per heavy atom. The van der Waals surface area contributed by atoms with Crippen LogP contribution < -0.4 is 5.32 Å². The van der Waals surface area contributed by atoms with Gasteiger partial charge in [-0.3, -0.25) is 19.3 Å². The Morgan fingerprint density at radius 2 is 1.75 bits per heavy atom. The summed E-state index contributed by atoms with van der Waals surface area (Å²) in [5.41, 5.74) is 1.68. The van der Waals surface area contributed by atoms with Crippen molar-refractivity contribution in [3.05, 3.63) is 66.4 Å². The second-order valence-corrected chi connectivity index (χ2v) is 6.79. The van der Waals surface area contributed by atoms with Crippen LogP contribution in [-0.2, 0) is 9.59 Å². The standard InChI is InChI=1S/C21H21N5O2/c27-19(10-9-16-6-2-1-3-7-16)25-14-11-17(12-15-25)20(28)22-21-24-23-18-8-4-5-13-26(18)21/h1-10,13,17H,11-12,14-15H2,(H,22,24,28)/b10-9+. The summed E-state index contributed by atoms with van der Waals surface area (Å²) in [5, 5.41) is 10.9. The maximum atomic E-state index is 12.6. The van der Waals surface area contributed by atoms with Gasteiger partial charge >= 0.3 is 0 Å². The highest BCUT2D eigenvalue weighted by Gasteiger charge is 2.27. The average molecular weight is 375 g/mol. The van der Waals surface area contributed by atoms with Gasteiger partial charge in [0.15, 0.2) is 5.65 Å². The summed E-state index contributed by atoms with van der Waals surface area (Å²) in [6.45, 7) is 1.13. The SMILES string of the molecule is O=C(Nc1nnc2ccccn12)C1CCN(C(=O)/C=C/c2ccccc2)CC1. The maximum Gasteiger partial charge on any atom is 0.246 e. The summed E-state index contributed by atoms with van der Waals surface area (Å²) >= 11 is 0. The largest absolute Gasteiger partial charge is 0.339 e. The normalized spacial score (nSPS) is 15.2. The number of carbonyl (C=O) groups excluding carboxylic acids is 2. The summed E-state index contributed by atoms with van der Waals surface area (Å²) in [7, 11) is 0. The smallest absolute Gasteiger partial charge is 0.246 e. The Hall–Kier alpha value is -3.48. The van der Waals surface area contributed by atoms with E-state index in [1.54, 1.807) is 15.4 Å². The first kappa shape index (κ1) is 17.9. The number of carbonyl (C=O) groups is 2. The lowest BCUT2D eigenvalue weighted by Gasteiger charge is -2.30. The van der Waals surface area contributed by atoms with Crippen LogP contribution >= 0.6 is 0 Å². The number of fused-ring (bicyclic) bond motifs is 1. The van der Waals surface area contributed by atoms with Crippen LogP contribution in [0.25, 0.3) is 11.7 Å². The molecular formula is C21H21N5O2. The third kappa shape index (κ3) is 3.93. The van der Waals surface area contributed by atoms with Gasteiger partial charge < -0.3 is 4.90 Å². The van der Waals surface area contributed by atoms with E-state index in [4.69, 9.17) is 0 Å². The first-order chi connectivity index (χ1) is 13.7. The first-order valence-electron chi connectivity index (χ1n) is 9.33. The molecule has 1 saturated heterocycles. The van der Waals surface area contributed by atoms with Gasteiger partial charge in [0.05, 0.1) is 0 Å². The molecule has 7 nitrogen and oxygen atoms in total. The number of amides is 2. The predicted molar refractivity (Wildman–Crippen MR) is 106 cm³/mol. The number of piperidine rings is 1. The van der Waals surface area contributed by atoms with E-state index in [9.17, 15) is 9.59 Å². The summed E-state index contributed by atoms with van der Waals surface area (Å²) in [6.07, 6.45) is 6.49. The highest BCUT2D eigenvalue weighted by molar-refractivity contribution is 5.93. The molecule has 28 heavy (non-hydrogen) atoms. The van der Waals surface area contributed by atoms with Gasteiger partial charge in [-0.1, -0.05) is 36.4 Å². The lowest BCUT2D eigenvalue weighted by atomic mass is 9.96. The van der Waals surface area contributed by atoms with Gasteiger partial charge in [-0.25, -0.2) is 0 Å². The highest BCUT2D eigenvalue weighted by Crippen LogP contribution is 2.20. The minimum Gasteiger partial charge on any atom is -0.339 e. The molecule has 0 bridgehead atoms. The molecule has 1 N–H and O–H groups in total. The number of aromatic nitrogens is 3. The van der Waals surface area contributed by atoms with Gasteiger partial charge in [-0.2, -0.15) is 0 Å². The van der Waals surface area contributed by atoms with Crippen molar-refractivity contribution in [3.63, 3.8) is 0 Å². The molecule has 0 aliphatic carbocycles. The quantitative estimate of drug-likeness (QED) is 0.711. The van der Waals surface area contributed by atoms with Gasteiger partial charge in [-0.05, 0) is 36.6 Å². The van der Waals surface area contributed by atoms with Crippen LogP contribution in [0.3, 0.4) is 0 Å². The van der Waals surface area contributed by atoms with E-state index < -0.39 is 0 Å². The zero-order valence-corrected chi connectivity index (χ0v) is 15.4. The Kier molecular flexibility index (Phi) is 5.14. The third-order valence-corrected chi connectivity index (χ3v) is 4.94. The number of hydrogen-bond acceptors (Lipinski definition) is 4. The van der Waals surface area contributed by atoms with Gasteiger partial charge in [0.1, 0.15) is 0 Å². The van der Waals surface area contributed by atoms with Crippen molar-refractivity contribution in [2.75, 3.05) is 18.4 Å². The number of benzene rings is 1. The fourth-order valence-electron chi connectivity index (χ4n) is 3.34. The van der Waals surface area contributed by atoms with Crippen LogP contribution in [0.2, 0.25) is 0 Å². The Labute approximate surface area is 162 Å². The molecule has 0 atom stereocenters. The molecular weight excluding hydrogens is 354 g/mol. The summed E-state index contributed by atoms with van der Waals surface area (Å²) in [4.78, 5) is 26.7. The predicted octanol–water partition coefficient (Wildman–Crippen LogP) is 2.62. The summed E-state index contributed by atoms with van der Waals surface area (Å²) < 4.78 is 1.74. The number of nitrogens with zero attached hydrogens (tertiary/aromatic N) is 4. The molecule has 1 aromatic carbocycles. The summed E-state index contributed by atoms with van der Waals surface area (Å²) in [6, 6.07) is 15.3. The van der Waals surface area contributed by atoms with E-state index >= 15 is 0 Å². The maximum absolute atomic E-state index is 12.6. The van der Waals surface area contributed by atoms with E-state index in [2.05, 4.69) is 15.5 Å². The Balaban J connectivity index is 1.31. The molecule has 2 amide bonds. The lowest BCUT2D eigenvalue weighted by Crippen LogP contribution is -2.40. The fraction of sp³-hybridized carbons (Fsp3) is 0.238. The Bertz CT molecular complexity index is 1000.